The van der Waals surface area contributed by atoms with E-state index >= 15 is 0 Å². The molecule has 0 saturated carbocycles. The maximum absolute atomic E-state index is 12.4. The van der Waals surface area contributed by atoms with Gasteiger partial charge in [0.05, 0.1) is 6.20 Å². The van der Waals surface area contributed by atoms with Crippen LogP contribution in [0.3, 0.4) is 0 Å². The second-order valence-corrected chi connectivity index (χ2v) is 5.68. The van der Waals surface area contributed by atoms with Gasteiger partial charge >= 0.3 is 6.18 Å². The number of rotatable bonds is 6. The summed E-state index contributed by atoms with van der Waals surface area (Å²) < 4.78 is 41.1. The van der Waals surface area contributed by atoms with Gasteiger partial charge in [-0.25, -0.2) is 4.98 Å². The van der Waals surface area contributed by atoms with E-state index in [0.29, 0.717) is 22.8 Å². The topological polar surface area (TPSA) is 76.1 Å². The number of nitrogens with zero attached hydrogens (tertiary/aromatic N) is 2. The van der Waals surface area contributed by atoms with Gasteiger partial charge in [0.2, 0.25) is 0 Å². The predicted octanol–water partition coefficient (Wildman–Crippen LogP) is 4.41. The first-order valence-corrected chi connectivity index (χ1v) is 8.13. The maximum atomic E-state index is 12.4. The van der Waals surface area contributed by atoms with Crippen molar-refractivity contribution in [2.45, 2.75) is 6.18 Å². The van der Waals surface area contributed by atoms with Crippen LogP contribution in [0.25, 0.3) is 0 Å². The fraction of sp³-hybridized carbons (Fsp3) is 0.105. The molecule has 0 aliphatic rings. The average molecular weight is 388 g/mol. The summed E-state index contributed by atoms with van der Waals surface area (Å²) in [5, 5.41) is 5.71. The molecule has 2 N–H and O–H groups in total. The molecule has 0 spiro atoms. The summed E-state index contributed by atoms with van der Waals surface area (Å²) in [5.74, 6) is 0.228. The lowest BCUT2D eigenvalue weighted by atomic mass is 10.2. The van der Waals surface area contributed by atoms with Crippen molar-refractivity contribution >= 4 is 23.1 Å². The van der Waals surface area contributed by atoms with Crippen LogP contribution in [-0.2, 0) is 0 Å². The van der Waals surface area contributed by atoms with Crippen molar-refractivity contribution < 1.29 is 22.7 Å². The van der Waals surface area contributed by atoms with Crippen LogP contribution in [0.15, 0.2) is 67.1 Å². The Morgan fingerprint density at radius 1 is 1.04 bits per heavy atom. The van der Waals surface area contributed by atoms with E-state index in [4.69, 9.17) is 0 Å². The highest BCUT2D eigenvalue weighted by molar-refractivity contribution is 6.04. The van der Waals surface area contributed by atoms with Crippen LogP contribution >= 0.6 is 0 Å². The van der Waals surface area contributed by atoms with Crippen molar-refractivity contribution in [1.82, 2.24) is 9.97 Å². The molecule has 0 unspecified atom stereocenters. The molecule has 9 heteroatoms. The molecular weight excluding hydrogens is 373 g/mol. The normalized spacial score (nSPS) is 11.0. The molecule has 28 heavy (non-hydrogen) atoms. The van der Waals surface area contributed by atoms with Crippen molar-refractivity contribution in [2.24, 2.45) is 0 Å². The SMILES string of the molecule is O=C(Nc1ccc(OCC(F)(F)F)cc1)c1cccc(Nc2cnccn2)c1. The fourth-order valence-electron chi connectivity index (χ4n) is 2.25. The number of amides is 1. The monoisotopic (exact) mass is 388 g/mol. The Kier molecular flexibility index (Phi) is 5.73. The van der Waals surface area contributed by atoms with Gasteiger partial charge in [0.25, 0.3) is 5.91 Å². The Balaban J connectivity index is 1.62. The van der Waals surface area contributed by atoms with E-state index in [-0.39, 0.29) is 11.7 Å². The Labute approximate surface area is 158 Å². The first-order chi connectivity index (χ1) is 13.4. The highest BCUT2D eigenvalue weighted by Crippen LogP contribution is 2.21. The van der Waals surface area contributed by atoms with Crippen LogP contribution in [0.5, 0.6) is 5.75 Å². The lowest BCUT2D eigenvalue weighted by Gasteiger charge is -2.11. The van der Waals surface area contributed by atoms with E-state index in [1.54, 1.807) is 42.9 Å². The van der Waals surface area contributed by atoms with Crippen molar-refractivity contribution in [2.75, 3.05) is 17.2 Å². The van der Waals surface area contributed by atoms with Gasteiger partial charge < -0.3 is 15.4 Å². The molecule has 6 nitrogen and oxygen atoms in total. The van der Waals surface area contributed by atoms with Gasteiger partial charge in [-0.1, -0.05) is 6.07 Å². The minimum atomic E-state index is -4.41. The molecule has 2 aromatic carbocycles. The van der Waals surface area contributed by atoms with Crippen LogP contribution in [0.4, 0.5) is 30.4 Å². The molecule has 1 heterocycles. The van der Waals surface area contributed by atoms with E-state index in [1.165, 1.54) is 24.3 Å². The third-order valence-corrected chi connectivity index (χ3v) is 3.48. The third kappa shape index (κ3) is 5.70. The van der Waals surface area contributed by atoms with E-state index in [0.717, 1.165) is 0 Å². The highest BCUT2D eigenvalue weighted by atomic mass is 19.4. The zero-order valence-corrected chi connectivity index (χ0v) is 14.4. The largest absolute Gasteiger partial charge is 0.484 e. The van der Waals surface area contributed by atoms with Gasteiger partial charge in [-0.3, -0.25) is 9.78 Å². The minimum Gasteiger partial charge on any atom is -0.484 e. The van der Waals surface area contributed by atoms with E-state index in [2.05, 4.69) is 25.3 Å². The number of anilines is 3. The molecule has 0 fully saturated rings. The summed E-state index contributed by atoms with van der Waals surface area (Å²) in [7, 11) is 0. The number of carbonyl (C=O) groups is 1. The van der Waals surface area contributed by atoms with Crippen molar-refractivity contribution in [1.29, 1.82) is 0 Å². The van der Waals surface area contributed by atoms with Crippen LogP contribution in [0.1, 0.15) is 10.4 Å². The lowest BCUT2D eigenvalue weighted by molar-refractivity contribution is -0.153. The molecule has 0 bridgehead atoms. The number of aromatic nitrogens is 2. The number of hydrogen-bond donors (Lipinski definition) is 2. The van der Waals surface area contributed by atoms with Crippen LogP contribution < -0.4 is 15.4 Å². The van der Waals surface area contributed by atoms with Crippen molar-refractivity contribution in [3.05, 3.63) is 72.7 Å². The average Bonchev–Trinajstić information content (AvgIpc) is 2.68. The first-order valence-electron chi connectivity index (χ1n) is 8.13. The minimum absolute atomic E-state index is 0.0606. The number of alkyl halides is 3. The molecule has 3 rings (SSSR count). The Morgan fingerprint density at radius 3 is 2.50 bits per heavy atom. The zero-order chi connectivity index (χ0) is 20.0. The Hall–Kier alpha value is -3.62. The number of carbonyl (C=O) groups excluding carboxylic acids is 1. The van der Waals surface area contributed by atoms with E-state index in [1.807, 2.05) is 0 Å². The molecule has 0 atom stereocenters. The highest BCUT2D eigenvalue weighted by Gasteiger charge is 2.28. The van der Waals surface area contributed by atoms with Gasteiger partial charge in [0, 0.05) is 29.3 Å². The smallest absolute Gasteiger partial charge is 0.422 e. The summed E-state index contributed by atoms with van der Waals surface area (Å²) in [5.41, 5.74) is 1.48. The van der Waals surface area contributed by atoms with Gasteiger partial charge in [-0.2, -0.15) is 13.2 Å². The molecule has 0 aliphatic carbocycles. The van der Waals surface area contributed by atoms with Crippen molar-refractivity contribution in [3.8, 4) is 5.75 Å². The zero-order valence-electron chi connectivity index (χ0n) is 14.4. The van der Waals surface area contributed by atoms with Crippen LogP contribution in [0.2, 0.25) is 0 Å². The van der Waals surface area contributed by atoms with E-state index < -0.39 is 12.8 Å². The van der Waals surface area contributed by atoms with Crippen LogP contribution in [0, 0.1) is 0 Å². The summed E-state index contributed by atoms with van der Waals surface area (Å²) in [6.45, 7) is -1.37. The standard InChI is InChI=1S/C19H15F3N4O2/c20-19(21,22)12-28-16-6-4-14(5-7-16)26-18(27)13-2-1-3-15(10-13)25-17-11-23-8-9-24-17/h1-11H,12H2,(H,24,25)(H,26,27). The number of nitrogens with one attached hydrogen (secondary N) is 2. The van der Waals surface area contributed by atoms with Gasteiger partial charge in [0.15, 0.2) is 6.61 Å². The van der Waals surface area contributed by atoms with Crippen LogP contribution in [-0.4, -0.2) is 28.7 Å². The number of hydrogen-bond acceptors (Lipinski definition) is 5. The first kappa shape index (κ1) is 19.2. The lowest BCUT2D eigenvalue weighted by Crippen LogP contribution is -2.19. The summed E-state index contributed by atoms with van der Waals surface area (Å²) in [6.07, 6.45) is 0.238. The van der Waals surface area contributed by atoms with Gasteiger partial charge in [-0.05, 0) is 42.5 Å². The summed E-state index contributed by atoms with van der Waals surface area (Å²) >= 11 is 0. The summed E-state index contributed by atoms with van der Waals surface area (Å²) in [6, 6.07) is 12.4. The molecule has 1 amide bonds. The second kappa shape index (κ2) is 8.38. The van der Waals surface area contributed by atoms with Crippen molar-refractivity contribution in [3.63, 3.8) is 0 Å². The Morgan fingerprint density at radius 2 is 1.82 bits per heavy atom. The molecule has 0 aliphatic heterocycles. The molecular formula is C19H15F3N4O2. The second-order valence-electron chi connectivity index (χ2n) is 5.68. The molecule has 0 saturated heterocycles. The number of halogens is 3. The van der Waals surface area contributed by atoms with Gasteiger partial charge in [-0.15, -0.1) is 0 Å². The molecule has 0 radical (unpaired) electrons. The molecule has 1 aromatic heterocycles. The quantitative estimate of drug-likeness (QED) is 0.654. The maximum Gasteiger partial charge on any atom is 0.422 e. The number of benzene rings is 2. The summed E-state index contributed by atoms with van der Waals surface area (Å²) in [4.78, 5) is 20.5. The Bertz CT molecular complexity index is 932. The fourth-order valence-corrected chi connectivity index (χ4v) is 2.25. The van der Waals surface area contributed by atoms with E-state index in [9.17, 15) is 18.0 Å². The molecule has 144 valence electrons. The third-order valence-electron chi connectivity index (χ3n) is 3.48. The van der Waals surface area contributed by atoms with Gasteiger partial charge in [0.1, 0.15) is 11.6 Å². The predicted molar refractivity (Wildman–Crippen MR) is 97.7 cm³/mol. The molecule has 3 aromatic rings. The number of ether oxygens (including phenoxy) is 1.